The molecule has 1 heterocycles. The number of aromatic nitrogens is 3. The molecule has 0 spiro atoms. The summed E-state index contributed by atoms with van der Waals surface area (Å²) in [6, 6.07) is 3.93. The Morgan fingerprint density at radius 2 is 2.08 bits per heavy atom. The molecule has 0 fully saturated rings. The molecule has 0 aliphatic rings. The van der Waals surface area contributed by atoms with Crippen molar-refractivity contribution in [3.05, 3.63) is 30.0 Å². The van der Waals surface area contributed by atoms with E-state index in [9.17, 15) is 22.0 Å². The lowest BCUT2D eigenvalue weighted by Crippen LogP contribution is -2.33. The number of sulfonamides is 1. The number of nitrogens with one attached hydrogen (secondary N) is 1. The van der Waals surface area contributed by atoms with Gasteiger partial charge < -0.3 is 9.47 Å². The van der Waals surface area contributed by atoms with Crippen molar-refractivity contribution in [3.8, 4) is 11.5 Å². The lowest BCUT2D eigenvalue weighted by Gasteiger charge is -2.11. The summed E-state index contributed by atoms with van der Waals surface area (Å²) < 4.78 is 60.9. The second-order valence-corrected chi connectivity index (χ2v) is 6.39. The molecule has 0 unspecified atom stereocenters. The average Bonchev–Trinajstić information content (AvgIpc) is 2.93. The van der Waals surface area contributed by atoms with Crippen LogP contribution in [0.2, 0.25) is 0 Å². The number of alkyl halides is 2. The van der Waals surface area contributed by atoms with Gasteiger partial charge in [0.2, 0.25) is 5.91 Å². The molecule has 2 aromatic rings. The zero-order chi connectivity index (χ0) is 18.6. The van der Waals surface area contributed by atoms with E-state index in [0.717, 1.165) is 10.9 Å². The zero-order valence-electron chi connectivity index (χ0n) is 13.1. The minimum Gasteiger partial charge on any atom is -0.493 e. The SMILES string of the molecule is COc1ccc(CC(=O)NS(=O)(=O)c2cnnn2C)cc1OC(F)F. The van der Waals surface area contributed by atoms with Crippen LogP contribution in [-0.2, 0) is 28.3 Å². The van der Waals surface area contributed by atoms with Crippen molar-refractivity contribution in [2.45, 2.75) is 18.1 Å². The number of benzene rings is 1. The third kappa shape index (κ3) is 4.62. The van der Waals surface area contributed by atoms with Crippen molar-refractivity contribution in [1.29, 1.82) is 0 Å². The molecule has 0 aliphatic carbocycles. The Morgan fingerprint density at radius 3 is 2.64 bits per heavy atom. The quantitative estimate of drug-likeness (QED) is 0.747. The number of methoxy groups -OCH3 is 1. The zero-order valence-corrected chi connectivity index (χ0v) is 14.0. The number of carbonyl (C=O) groups is 1. The van der Waals surface area contributed by atoms with Crippen LogP contribution in [0, 0.1) is 0 Å². The van der Waals surface area contributed by atoms with Gasteiger partial charge in [-0.15, -0.1) is 5.10 Å². The Balaban J connectivity index is 2.14. The molecular weight excluding hydrogens is 362 g/mol. The summed E-state index contributed by atoms with van der Waals surface area (Å²) >= 11 is 0. The smallest absolute Gasteiger partial charge is 0.387 e. The first-order valence-corrected chi connectivity index (χ1v) is 8.23. The van der Waals surface area contributed by atoms with Gasteiger partial charge in [-0.1, -0.05) is 11.3 Å². The molecule has 136 valence electrons. The van der Waals surface area contributed by atoms with Gasteiger partial charge in [0.1, 0.15) is 0 Å². The van der Waals surface area contributed by atoms with Crippen molar-refractivity contribution in [1.82, 2.24) is 19.7 Å². The first-order valence-electron chi connectivity index (χ1n) is 6.75. The van der Waals surface area contributed by atoms with Crippen LogP contribution in [0.1, 0.15) is 5.56 Å². The lowest BCUT2D eigenvalue weighted by atomic mass is 10.1. The van der Waals surface area contributed by atoms with Crippen LogP contribution in [0.3, 0.4) is 0 Å². The Hall–Kier alpha value is -2.76. The van der Waals surface area contributed by atoms with E-state index >= 15 is 0 Å². The number of nitrogens with zero attached hydrogens (tertiary/aromatic N) is 3. The molecular formula is C13H14F2N4O5S. The summed E-state index contributed by atoms with van der Waals surface area (Å²) in [5, 5.41) is 6.59. The average molecular weight is 376 g/mol. The summed E-state index contributed by atoms with van der Waals surface area (Å²) in [5.74, 6) is -1.08. The van der Waals surface area contributed by atoms with Gasteiger partial charge in [0, 0.05) is 7.05 Å². The molecule has 25 heavy (non-hydrogen) atoms. The number of carbonyl (C=O) groups excluding carboxylic acids is 1. The fourth-order valence-electron chi connectivity index (χ4n) is 1.97. The summed E-state index contributed by atoms with van der Waals surface area (Å²) in [7, 11) is -1.52. The third-order valence-corrected chi connectivity index (χ3v) is 4.42. The minimum atomic E-state index is -4.15. The second kappa shape index (κ2) is 7.42. The number of halogens is 2. The van der Waals surface area contributed by atoms with E-state index in [0.29, 0.717) is 0 Å². The summed E-state index contributed by atoms with van der Waals surface area (Å²) in [5.41, 5.74) is 0.257. The lowest BCUT2D eigenvalue weighted by molar-refractivity contribution is -0.118. The summed E-state index contributed by atoms with van der Waals surface area (Å²) in [4.78, 5) is 12.0. The number of amides is 1. The molecule has 9 nitrogen and oxygen atoms in total. The van der Waals surface area contributed by atoms with Gasteiger partial charge in [-0.05, 0) is 17.7 Å². The topological polar surface area (TPSA) is 112 Å². The standard InChI is InChI=1S/C13H14F2N4O5S/c1-19-12(7-16-18-19)25(21,22)17-11(20)6-8-3-4-9(23-2)10(5-8)24-13(14)15/h3-5,7,13H,6H2,1-2H3,(H,17,20). The Labute approximate surface area is 141 Å². The maximum absolute atomic E-state index is 12.4. The van der Waals surface area contributed by atoms with Crippen molar-refractivity contribution in [2.75, 3.05) is 7.11 Å². The molecule has 0 aliphatic heterocycles. The number of hydrogen-bond acceptors (Lipinski definition) is 7. The fourth-order valence-corrected chi connectivity index (χ4v) is 3.01. The van der Waals surface area contributed by atoms with Crippen LogP contribution in [0.25, 0.3) is 0 Å². The number of ether oxygens (including phenoxy) is 2. The van der Waals surface area contributed by atoms with Gasteiger partial charge in [0.15, 0.2) is 16.5 Å². The van der Waals surface area contributed by atoms with Crippen molar-refractivity contribution >= 4 is 15.9 Å². The Morgan fingerprint density at radius 1 is 1.36 bits per heavy atom. The largest absolute Gasteiger partial charge is 0.493 e. The van der Waals surface area contributed by atoms with Crippen molar-refractivity contribution < 1.29 is 31.5 Å². The molecule has 0 radical (unpaired) electrons. The van der Waals surface area contributed by atoms with E-state index in [2.05, 4.69) is 15.0 Å². The highest BCUT2D eigenvalue weighted by Gasteiger charge is 2.22. The molecule has 2 rings (SSSR count). The van der Waals surface area contributed by atoms with Crippen LogP contribution in [-0.4, -0.2) is 43.0 Å². The van der Waals surface area contributed by atoms with Crippen LogP contribution in [0.4, 0.5) is 8.78 Å². The molecule has 1 aromatic heterocycles. The van der Waals surface area contributed by atoms with Gasteiger partial charge in [-0.3, -0.25) is 4.79 Å². The fraction of sp³-hybridized carbons (Fsp3) is 0.308. The van der Waals surface area contributed by atoms with Gasteiger partial charge in [-0.25, -0.2) is 9.40 Å². The molecule has 1 aromatic carbocycles. The van der Waals surface area contributed by atoms with E-state index < -0.39 is 22.5 Å². The summed E-state index contributed by atoms with van der Waals surface area (Å²) in [6.45, 7) is -3.07. The molecule has 1 N–H and O–H groups in total. The van der Waals surface area contributed by atoms with Crippen LogP contribution in [0.5, 0.6) is 11.5 Å². The van der Waals surface area contributed by atoms with Gasteiger partial charge in [-0.2, -0.15) is 17.2 Å². The van der Waals surface area contributed by atoms with E-state index in [1.807, 2.05) is 4.72 Å². The predicted octanol–water partition coefficient (Wildman–Crippen LogP) is 0.473. The number of aryl methyl sites for hydroxylation is 1. The third-order valence-electron chi connectivity index (χ3n) is 3.01. The molecule has 0 saturated heterocycles. The maximum Gasteiger partial charge on any atom is 0.387 e. The highest BCUT2D eigenvalue weighted by Crippen LogP contribution is 2.29. The maximum atomic E-state index is 12.4. The molecule has 0 atom stereocenters. The predicted molar refractivity (Wildman–Crippen MR) is 79.7 cm³/mol. The Kier molecular flexibility index (Phi) is 5.51. The molecule has 0 bridgehead atoms. The molecule has 12 heteroatoms. The highest BCUT2D eigenvalue weighted by molar-refractivity contribution is 7.90. The van der Waals surface area contributed by atoms with E-state index in [-0.39, 0.29) is 28.5 Å². The van der Waals surface area contributed by atoms with Gasteiger partial charge >= 0.3 is 6.61 Å². The Bertz CT molecular complexity index is 869. The van der Waals surface area contributed by atoms with E-state index in [4.69, 9.17) is 4.74 Å². The second-order valence-electron chi connectivity index (χ2n) is 4.77. The molecule has 0 saturated carbocycles. The number of rotatable bonds is 7. The van der Waals surface area contributed by atoms with Crippen LogP contribution >= 0.6 is 0 Å². The highest BCUT2D eigenvalue weighted by atomic mass is 32.2. The minimum absolute atomic E-state index is 0.0537. The van der Waals surface area contributed by atoms with Gasteiger partial charge in [0.25, 0.3) is 10.0 Å². The first kappa shape index (κ1) is 18.6. The van der Waals surface area contributed by atoms with Crippen molar-refractivity contribution in [3.63, 3.8) is 0 Å². The molecule has 1 amide bonds. The normalized spacial score (nSPS) is 11.4. The van der Waals surface area contributed by atoms with Gasteiger partial charge in [0.05, 0.1) is 19.7 Å². The summed E-state index contributed by atoms with van der Waals surface area (Å²) in [6.07, 6.45) is 0.603. The van der Waals surface area contributed by atoms with Crippen LogP contribution < -0.4 is 14.2 Å². The number of hydrogen-bond donors (Lipinski definition) is 1. The van der Waals surface area contributed by atoms with Crippen molar-refractivity contribution in [2.24, 2.45) is 7.05 Å². The van der Waals surface area contributed by atoms with Crippen LogP contribution in [0.15, 0.2) is 29.4 Å². The first-order chi connectivity index (χ1) is 11.7. The van der Waals surface area contributed by atoms with E-state index in [1.54, 1.807) is 0 Å². The van der Waals surface area contributed by atoms with E-state index in [1.165, 1.54) is 32.4 Å². The monoisotopic (exact) mass is 376 g/mol.